The third-order valence-electron chi connectivity index (χ3n) is 3.50. The summed E-state index contributed by atoms with van der Waals surface area (Å²) < 4.78 is 0. The van der Waals surface area contributed by atoms with E-state index in [-0.39, 0.29) is 11.7 Å². The first-order chi connectivity index (χ1) is 10.1. The zero-order valence-electron chi connectivity index (χ0n) is 11.2. The van der Waals surface area contributed by atoms with E-state index in [1.807, 2.05) is 24.3 Å². The first kappa shape index (κ1) is 13.1. The highest BCUT2D eigenvalue weighted by Gasteiger charge is 2.21. The van der Waals surface area contributed by atoms with Gasteiger partial charge in [0.05, 0.1) is 16.7 Å². The lowest BCUT2D eigenvalue weighted by Crippen LogP contribution is -2.09. The highest BCUT2D eigenvalue weighted by Crippen LogP contribution is 2.26. The third-order valence-corrected chi connectivity index (χ3v) is 3.50. The third kappa shape index (κ3) is 2.69. The summed E-state index contributed by atoms with van der Waals surface area (Å²) in [6, 6.07) is 14.2. The highest BCUT2D eigenvalue weighted by molar-refractivity contribution is 6.02. The molecule has 0 saturated heterocycles. The van der Waals surface area contributed by atoms with Gasteiger partial charge in [-0.1, -0.05) is 24.3 Å². The van der Waals surface area contributed by atoms with Gasteiger partial charge in [0.15, 0.2) is 0 Å². The van der Waals surface area contributed by atoms with Gasteiger partial charge in [-0.15, -0.1) is 0 Å². The van der Waals surface area contributed by atoms with E-state index in [0.29, 0.717) is 0 Å². The van der Waals surface area contributed by atoms with Crippen LogP contribution in [0.1, 0.15) is 23.6 Å². The van der Waals surface area contributed by atoms with Crippen LogP contribution in [-0.4, -0.2) is 10.6 Å². The number of rotatable bonds is 3. The van der Waals surface area contributed by atoms with Gasteiger partial charge in [-0.25, -0.2) is 0 Å². The average molecular weight is 282 g/mol. The predicted octanol–water partition coefficient (Wildman–Crippen LogP) is 2.62. The largest absolute Gasteiger partial charge is 0.399 e. The van der Waals surface area contributed by atoms with Gasteiger partial charge in [0.25, 0.3) is 5.69 Å². The molecule has 1 unspecified atom stereocenters. The highest BCUT2D eigenvalue weighted by atomic mass is 16.6. The van der Waals surface area contributed by atoms with Gasteiger partial charge in [-0.2, -0.15) is 5.10 Å². The molecule has 0 amide bonds. The maximum atomic E-state index is 10.7. The Kier molecular flexibility index (Phi) is 3.27. The summed E-state index contributed by atoms with van der Waals surface area (Å²) in [6.07, 6.45) is 0.738. The smallest absolute Gasteiger partial charge is 0.269 e. The maximum absolute atomic E-state index is 10.7. The van der Waals surface area contributed by atoms with Crippen molar-refractivity contribution in [3.63, 3.8) is 0 Å². The molecule has 1 heterocycles. The number of nitro benzene ring substituents is 1. The molecule has 0 spiro atoms. The van der Waals surface area contributed by atoms with Crippen LogP contribution in [0.4, 0.5) is 11.4 Å². The number of nitrogen functional groups attached to an aromatic ring is 1. The van der Waals surface area contributed by atoms with Gasteiger partial charge in [-0.05, 0) is 23.3 Å². The van der Waals surface area contributed by atoms with Crippen LogP contribution < -0.4 is 11.2 Å². The normalized spacial score (nSPS) is 17.1. The van der Waals surface area contributed by atoms with Crippen molar-refractivity contribution in [3.8, 4) is 0 Å². The quantitative estimate of drug-likeness (QED) is 0.514. The minimum atomic E-state index is -0.401. The van der Waals surface area contributed by atoms with Crippen molar-refractivity contribution >= 4 is 17.1 Å². The summed E-state index contributed by atoms with van der Waals surface area (Å²) in [6.45, 7) is 0. The Bertz CT molecular complexity index is 693. The molecule has 1 aliphatic heterocycles. The van der Waals surface area contributed by atoms with E-state index >= 15 is 0 Å². The van der Waals surface area contributed by atoms with Gasteiger partial charge >= 0.3 is 0 Å². The summed E-state index contributed by atoms with van der Waals surface area (Å²) in [7, 11) is 0. The number of anilines is 1. The lowest BCUT2D eigenvalue weighted by Gasteiger charge is -2.09. The molecule has 21 heavy (non-hydrogen) atoms. The number of hydrogen-bond acceptors (Lipinski definition) is 5. The molecule has 6 nitrogen and oxygen atoms in total. The molecule has 2 aromatic rings. The van der Waals surface area contributed by atoms with Crippen LogP contribution in [0.25, 0.3) is 0 Å². The second-order valence-electron chi connectivity index (χ2n) is 4.91. The molecule has 0 fully saturated rings. The van der Waals surface area contributed by atoms with Crippen molar-refractivity contribution in [2.45, 2.75) is 12.5 Å². The number of nitrogens with two attached hydrogens (primary N) is 1. The fourth-order valence-corrected chi connectivity index (χ4v) is 2.32. The Labute approximate surface area is 121 Å². The van der Waals surface area contributed by atoms with Crippen LogP contribution in [0.3, 0.4) is 0 Å². The first-order valence-corrected chi connectivity index (χ1v) is 6.56. The number of benzene rings is 2. The van der Waals surface area contributed by atoms with Gasteiger partial charge in [0, 0.05) is 24.2 Å². The molecular formula is C15H14N4O2. The van der Waals surface area contributed by atoms with Crippen LogP contribution in [-0.2, 0) is 0 Å². The molecule has 1 aliphatic rings. The molecule has 1 atom stereocenters. The summed E-state index contributed by atoms with van der Waals surface area (Å²) >= 11 is 0. The van der Waals surface area contributed by atoms with Gasteiger partial charge < -0.3 is 11.2 Å². The fourth-order valence-electron chi connectivity index (χ4n) is 2.32. The van der Waals surface area contributed by atoms with Crippen molar-refractivity contribution in [1.29, 1.82) is 0 Å². The van der Waals surface area contributed by atoms with E-state index in [1.165, 1.54) is 12.1 Å². The van der Waals surface area contributed by atoms with Crippen molar-refractivity contribution < 1.29 is 4.92 Å². The number of nitrogens with one attached hydrogen (secondary N) is 1. The van der Waals surface area contributed by atoms with Crippen LogP contribution in [0.2, 0.25) is 0 Å². The standard InChI is InChI=1S/C15H14N4O2/c16-12-5-1-10(2-6-12)14-9-15(18-17-14)11-3-7-13(8-4-11)19(20)21/h1-8,15,18H,9,16H2. The minimum Gasteiger partial charge on any atom is -0.399 e. The Morgan fingerprint density at radius 2 is 1.81 bits per heavy atom. The van der Waals surface area contributed by atoms with Crippen molar-refractivity contribution in [3.05, 3.63) is 69.8 Å². The molecule has 3 N–H and O–H groups in total. The first-order valence-electron chi connectivity index (χ1n) is 6.56. The zero-order chi connectivity index (χ0) is 14.8. The van der Waals surface area contributed by atoms with Crippen LogP contribution in [0.15, 0.2) is 53.6 Å². The van der Waals surface area contributed by atoms with Gasteiger partial charge in [0.1, 0.15) is 0 Å². The Balaban J connectivity index is 1.73. The second kappa shape index (κ2) is 5.24. The van der Waals surface area contributed by atoms with E-state index < -0.39 is 4.92 Å². The summed E-state index contributed by atoms with van der Waals surface area (Å²) in [4.78, 5) is 10.3. The molecule has 106 valence electrons. The number of hydrogen-bond donors (Lipinski definition) is 2. The van der Waals surface area contributed by atoms with E-state index in [0.717, 1.165) is 28.9 Å². The number of hydrazone groups is 1. The molecule has 2 aromatic carbocycles. The van der Waals surface area contributed by atoms with Crippen molar-refractivity contribution in [1.82, 2.24) is 5.43 Å². The Morgan fingerprint density at radius 1 is 1.14 bits per heavy atom. The average Bonchev–Trinajstić information content (AvgIpc) is 2.98. The maximum Gasteiger partial charge on any atom is 0.269 e. The fraction of sp³-hybridized carbons (Fsp3) is 0.133. The lowest BCUT2D eigenvalue weighted by molar-refractivity contribution is -0.384. The minimum absolute atomic E-state index is 0.0401. The summed E-state index contributed by atoms with van der Waals surface area (Å²) in [5, 5.41) is 15.0. The van der Waals surface area contributed by atoms with Gasteiger partial charge in [-0.3, -0.25) is 10.1 Å². The van der Waals surface area contributed by atoms with Crippen molar-refractivity contribution in [2.75, 3.05) is 5.73 Å². The molecule has 3 rings (SSSR count). The topological polar surface area (TPSA) is 93.5 Å². The van der Waals surface area contributed by atoms with E-state index in [9.17, 15) is 10.1 Å². The second-order valence-corrected chi connectivity index (χ2v) is 4.91. The predicted molar refractivity (Wildman–Crippen MR) is 81.0 cm³/mol. The number of nitrogens with zero attached hydrogens (tertiary/aromatic N) is 2. The van der Waals surface area contributed by atoms with Crippen LogP contribution >= 0.6 is 0 Å². The van der Waals surface area contributed by atoms with E-state index in [2.05, 4.69) is 10.5 Å². The van der Waals surface area contributed by atoms with E-state index in [1.54, 1.807) is 12.1 Å². The molecule has 0 aromatic heterocycles. The van der Waals surface area contributed by atoms with Gasteiger partial charge in [0.2, 0.25) is 0 Å². The zero-order valence-corrected chi connectivity index (χ0v) is 11.2. The molecule has 0 radical (unpaired) electrons. The van der Waals surface area contributed by atoms with E-state index in [4.69, 9.17) is 5.73 Å². The van der Waals surface area contributed by atoms with Crippen molar-refractivity contribution in [2.24, 2.45) is 5.10 Å². The molecule has 6 heteroatoms. The SMILES string of the molecule is Nc1ccc(C2=NNC(c3ccc([N+](=O)[O-])cc3)C2)cc1. The molecule has 0 aliphatic carbocycles. The lowest BCUT2D eigenvalue weighted by atomic mass is 9.99. The molecule has 0 saturated carbocycles. The monoisotopic (exact) mass is 282 g/mol. The number of non-ortho nitro benzene ring substituents is 1. The Morgan fingerprint density at radius 3 is 2.43 bits per heavy atom. The molecule has 0 bridgehead atoms. The van der Waals surface area contributed by atoms with Crippen LogP contribution in [0.5, 0.6) is 0 Å². The Hall–Kier alpha value is -2.89. The van der Waals surface area contributed by atoms with Crippen LogP contribution in [0, 0.1) is 10.1 Å². The summed E-state index contributed by atoms with van der Waals surface area (Å²) in [5.74, 6) is 0. The number of nitro groups is 1. The molecular weight excluding hydrogens is 268 g/mol. The summed E-state index contributed by atoms with van der Waals surface area (Å²) in [5.41, 5.74) is 12.5.